The molecule has 2 aromatic rings. The van der Waals surface area contributed by atoms with Crippen LogP contribution in [0.3, 0.4) is 0 Å². The lowest BCUT2D eigenvalue weighted by Crippen LogP contribution is -2.25. The molecule has 124 valence electrons. The summed E-state index contributed by atoms with van der Waals surface area (Å²) in [6, 6.07) is 10.7. The molecule has 0 bridgehead atoms. The number of imidazole rings is 1. The van der Waals surface area contributed by atoms with Gasteiger partial charge < -0.3 is 15.2 Å². The normalized spacial score (nSPS) is 17.0. The smallest absolute Gasteiger partial charge is 0.434 e. The average Bonchev–Trinajstić information content (AvgIpc) is 2.95. The van der Waals surface area contributed by atoms with Crippen molar-refractivity contribution in [3.05, 3.63) is 52.5 Å². The first-order chi connectivity index (χ1) is 11.4. The summed E-state index contributed by atoms with van der Waals surface area (Å²) in [5.74, 6) is 0.239. The number of rotatable bonds is 2. The van der Waals surface area contributed by atoms with Crippen molar-refractivity contribution in [2.24, 2.45) is 5.73 Å². The van der Waals surface area contributed by atoms with E-state index < -0.39 is 0 Å². The zero-order valence-corrected chi connectivity index (χ0v) is 14.2. The molecular weight excluding hydrogens is 304 g/mol. The maximum atomic E-state index is 9.65. The minimum absolute atomic E-state index is 0.0786. The topological polar surface area (TPSA) is 98.2 Å². The number of allylic oxidation sites excluding steroid dienone is 1. The SMILES string of the molecule is COc1[nH]c2c([nH+]1)OC(N)=C(C#N)C2c1ccccc1C(C)(C)C. The highest BCUT2D eigenvalue weighted by molar-refractivity contribution is 5.53. The van der Waals surface area contributed by atoms with Gasteiger partial charge in [0.05, 0.1) is 13.0 Å². The Kier molecular flexibility index (Phi) is 3.72. The van der Waals surface area contributed by atoms with E-state index in [4.69, 9.17) is 15.2 Å². The third kappa shape index (κ3) is 2.48. The van der Waals surface area contributed by atoms with E-state index in [-0.39, 0.29) is 17.2 Å². The highest BCUT2D eigenvalue weighted by Gasteiger charge is 2.40. The van der Waals surface area contributed by atoms with Crippen molar-refractivity contribution in [3.8, 4) is 18.0 Å². The van der Waals surface area contributed by atoms with Crippen molar-refractivity contribution in [1.82, 2.24) is 4.98 Å². The molecule has 0 spiro atoms. The molecule has 4 N–H and O–H groups in total. The van der Waals surface area contributed by atoms with Crippen molar-refractivity contribution in [3.63, 3.8) is 0 Å². The number of H-pyrrole nitrogens is 2. The lowest BCUT2D eigenvalue weighted by atomic mass is 9.77. The first-order valence-electron chi connectivity index (χ1n) is 7.73. The van der Waals surface area contributed by atoms with Gasteiger partial charge in [0.25, 0.3) is 0 Å². The molecule has 0 saturated heterocycles. The fourth-order valence-corrected chi connectivity index (χ4v) is 3.08. The van der Waals surface area contributed by atoms with Gasteiger partial charge in [-0.05, 0) is 16.5 Å². The van der Waals surface area contributed by atoms with Gasteiger partial charge in [-0.15, -0.1) is 0 Å². The number of ether oxygens (including phenoxy) is 2. The van der Waals surface area contributed by atoms with Gasteiger partial charge in [-0.25, -0.2) is 4.98 Å². The number of nitriles is 1. The summed E-state index contributed by atoms with van der Waals surface area (Å²) in [6.07, 6.45) is 0. The van der Waals surface area contributed by atoms with Crippen LogP contribution in [0.1, 0.15) is 43.5 Å². The van der Waals surface area contributed by atoms with Crippen molar-refractivity contribution < 1.29 is 14.5 Å². The highest BCUT2D eigenvalue weighted by atomic mass is 16.5. The van der Waals surface area contributed by atoms with Crippen molar-refractivity contribution in [1.29, 1.82) is 5.26 Å². The molecule has 6 nitrogen and oxygen atoms in total. The summed E-state index contributed by atoms with van der Waals surface area (Å²) in [7, 11) is 1.55. The van der Waals surface area contributed by atoms with Crippen LogP contribution in [-0.4, -0.2) is 12.1 Å². The molecular formula is C18H21N4O2+. The van der Waals surface area contributed by atoms with E-state index in [9.17, 15) is 5.26 Å². The fourth-order valence-electron chi connectivity index (χ4n) is 3.08. The zero-order valence-electron chi connectivity index (χ0n) is 14.2. The van der Waals surface area contributed by atoms with Crippen LogP contribution in [0.2, 0.25) is 0 Å². The predicted molar refractivity (Wildman–Crippen MR) is 88.3 cm³/mol. The molecule has 1 aliphatic rings. The van der Waals surface area contributed by atoms with Crippen LogP contribution in [0.15, 0.2) is 35.7 Å². The average molecular weight is 325 g/mol. The number of methoxy groups -OCH3 is 1. The predicted octanol–water partition coefficient (Wildman–Crippen LogP) is 2.35. The second-order valence-corrected chi connectivity index (χ2v) is 6.79. The number of aromatic amines is 2. The van der Waals surface area contributed by atoms with Crippen LogP contribution >= 0.6 is 0 Å². The van der Waals surface area contributed by atoms with E-state index in [1.54, 1.807) is 7.11 Å². The lowest BCUT2D eigenvalue weighted by molar-refractivity contribution is -0.404. The van der Waals surface area contributed by atoms with E-state index in [2.05, 4.69) is 42.9 Å². The monoisotopic (exact) mass is 325 g/mol. The molecule has 0 saturated carbocycles. The number of hydrogen-bond donors (Lipinski definition) is 2. The second-order valence-electron chi connectivity index (χ2n) is 6.79. The summed E-state index contributed by atoms with van der Waals surface area (Å²) in [4.78, 5) is 6.14. The largest absolute Gasteiger partial charge is 0.454 e. The molecule has 1 aromatic heterocycles. The Morgan fingerprint density at radius 1 is 1.33 bits per heavy atom. The summed E-state index contributed by atoms with van der Waals surface area (Å²) in [6.45, 7) is 6.44. The summed E-state index contributed by atoms with van der Waals surface area (Å²) in [5, 5.41) is 9.65. The molecule has 0 fully saturated rings. The maximum absolute atomic E-state index is 9.65. The van der Waals surface area contributed by atoms with Gasteiger partial charge in [0.15, 0.2) is 0 Å². The van der Waals surface area contributed by atoms with Crippen molar-refractivity contribution in [2.75, 3.05) is 7.11 Å². The Labute approximate surface area is 140 Å². The Morgan fingerprint density at radius 2 is 2.04 bits per heavy atom. The molecule has 2 heterocycles. The number of nitrogens with two attached hydrogens (primary N) is 1. The van der Waals surface area contributed by atoms with Crippen molar-refractivity contribution in [2.45, 2.75) is 32.1 Å². The molecule has 1 aromatic carbocycles. The Balaban J connectivity index is 2.27. The number of nitrogens with one attached hydrogen (secondary N) is 2. The minimum atomic E-state index is -0.339. The number of hydrogen-bond acceptors (Lipinski definition) is 4. The molecule has 0 aliphatic carbocycles. The van der Waals surface area contributed by atoms with Crippen LogP contribution in [-0.2, 0) is 5.41 Å². The quantitative estimate of drug-likeness (QED) is 0.885. The van der Waals surface area contributed by atoms with Crippen LogP contribution in [0.4, 0.5) is 0 Å². The summed E-state index contributed by atoms with van der Waals surface area (Å²) < 4.78 is 10.8. The molecule has 0 amide bonds. The van der Waals surface area contributed by atoms with E-state index in [1.807, 2.05) is 18.2 Å². The minimum Gasteiger partial charge on any atom is -0.434 e. The summed E-state index contributed by atoms with van der Waals surface area (Å²) >= 11 is 0. The van der Waals surface area contributed by atoms with Crippen LogP contribution < -0.4 is 20.2 Å². The standard InChI is InChI=1S/C18H20N4O2/c1-18(2,3)12-8-6-5-7-10(12)13-11(9-19)15(20)24-16-14(13)21-17(22-16)23-4/h5-8,13H,20H2,1-4H3,(H,21,22)/p+1. The number of benzene rings is 1. The Bertz CT molecular complexity index is 853. The molecule has 1 aliphatic heterocycles. The van der Waals surface area contributed by atoms with Crippen LogP contribution in [0, 0.1) is 11.3 Å². The van der Waals surface area contributed by atoms with Crippen LogP contribution in [0.5, 0.6) is 11.9 Å². The Morgan fingerprint density at radius 3 is 2.67 bits per heavy atom. The van der Waals surface area contributed by atoms with Crippen LogP contribution in [0.25, 0.3) is 0 Å². The first-order valence-corrected chi connectivity index (χ1v) is 7.73. The van der Waals surface area contributed by atoms with Gasteiger partial charge in [-0.1, -0.05) is 45.0 Å². The maximum Gasteiger partial charge on any atom is 0.454 e. The Hall–Kier alpha value is -2.94. The van der Waals surface area contributed by atoms with E-state index in [1.165, 1.54) is 0 Å². The van der Waals surface area contributed by atoms with Gasteiger partial charge in [-0.3, -0.25) is 0 Å². The first kappa shape index (κ1) is 15.9. The van der Waals surface area contributed by atoms with Gasteiger partial charge >= 0.3 is 11.9 Å². The van der Waals surface area contributed by atoms with Gasteiger partial charge in [0.1, 0.15) is 11.6 Å². The van der Waals surface area contributed by atoms with E-state index in [0.717, 1.165) is 16.8 Å². The molecule has 24 heavy (non-hydrogen) atoms. The third-order valence-electron chi connectivity index (χ3n) is 4.18. The second kappa shape index (κ2) is 5.60. The zero-order chi connectivity index (χ0) is 17.5. The van der Waals surface area contributed by atoms with Gasteiger partial charge in [0.2, 0.25) is 11.6 Å². The highest BCUT2D eigenvalue weighted by Crippen LogP contribution is 2.43. The van der Waals surface area contributed by atoms with E-state index in [0.29, 0.717) is 17.5 Å². The van der Waals surface area contributed by atoms with Gasteiger partial charge in [-0.2, -0.15) is 10.2 Å². The molecule has 3 rings (SSSR count). The van der Waals surface area contributed by atoms with E-state index >= 15 is 0 Å². The fraction of sp³-hybridized carbons (Fsp3) is 0.333. The number of aromatic nitrogens is 2. The number of nitrogens with zero attached hydrogens (tertiary/aromatic N) is 1. The third-order valence-corrected chi connectivity index (χ3v) is 4.18. The molecule has 1 unspecified atom stereocenters. The lowest BCUT2D eigenvalue weighted by Gasteiger charge is -2.27. The number of fused-ring (bicyclic) bond motifs is 1. The summed E-state index contributed by atoms with van der Waals surface area (Å²) in [5.41, 5.74) is 9.21. The molecule has 1 atom stereocenters. The molecule has 6 heteroatoms. The van der Waals surface area contributed by atoms with Crippen molar-refractivity contribution >= 4 is 0 Å². The molecule has 0 radical (unpaired) electrons. The van der Waals surface area contributed by atoms with Gasteiger partial charge in [0, 0.05) is 0 Å².